The third-order valence-corrected chi connectivity index (χ3v) is 5.63. The van der Waals surface area contributed by atoms with Gasteiger partial charge in [-0.05, 0) is 41.9 Å². The number of hydrogen-bond donors (Lipinski definition) is 1. The lowest BCUT2D eigenvalue weighted by Crippen LogP contribution is -2.35. The Hall–Kier alpha value is -1.03. The molecule has 0 bridgehead atoms. The van der Waals surface area contributed by atoms with Crippen molar-refractivity contribution in [2.75, 3.05) is 12.4 Å². The Morgan fingerprint density at radius 2 is 2.16 bits per heavy atom. The summed E-state index contributed by atoms with van der Waals surface area (Å²) in [5, 5.41) is 2.91. The van der Waals surface area contributed by atoms with Crippen LogP contribution in [-0.2, 0) is 6.54 Å². The number of anilines is 1. The Balaban J connectivity index is 1.84. The summed E-state index contributed by atoms with van der Waals surface area (Å²) in [6, 6.07) is 6.36. The fourth-order valence-corrected chi connectivity index (χ4v) is 3.46. The highest BCUT2D eigenvalue weighted by Crippen LogP contribution is 2.46. The Labute approximate surface area is 122 Å². The lowest BCUT2D eigenvalue weighted by Gasteiger charge is -2.27. The standard InChI is InChI=1S/C15H19BrN2O/c1-9(10-3-4-10)14(16)11-5-6-13-12(7-11)8-18(2)15(19)17-13/h5-7,9-10,14H,3-4,8H2,1-2H3,(H,17,19). The molecule has 1 N–H and O–H groups in total. The van der Waals surface area contributed by atoms with Crippen molar-refractivity contribution in [2.45, 2.75) is 31.1 Å². The van der Waals surface area contributed by atoms with Gasteiger partial charge in [-0.1, -0.05) is 35.0 Å². The van der Waals surface area contributed by atoms with Crippen LogP contribution in [0.2, 0.25) is 0 Å². The first-order chi connectivity index (χ1) is 9.06. The first-order valence-corrected chi connectivity index (χ1v) is 7.77. The Morgan fingerprint density at radius 3 is 2.84 bits per heavy atom. The summed E-state index contributed by atoms with van der Waals surface area (Å²) < 4.78 is 0. The monoisotopic (exact) mass is 322 g/mol. The van der Waals surface area contributed by atoms with Gasteiger partial charge in [-0.25, -0.2) is 4.79 Å². The number of halogens is 1. The average molecular weight is 323 g/mol. The number of benzene rings is 1. The molecule has 0 radical (unpaired) electrons. The number of rotatable bonds is 3. The highest BCUT2D eigenvalue weighted by atomic mass is 79.9. The van der Waals surface area contributed by atoms with Gasteiger partial charge >= 0.3 is 6.03 Å². The molecule has 1 aliphatic heterocycles. The van der Waals surface area contributed by atoms with Gasteiger partial charge in [-0.2, -0.15) is 0 Å². The lowest BCUT2D eigenvalue weighted by molar-refractivity contribution is 0.218. The molecule has 2 aliphatic rings. The number of alkyl halides is 1. The quantitative estimate of drug-likeness (QED) is 0.833. The van der Waals surface area contributed by atoms with E-state index in [0.29, 0.717) is 17.3 Å². The highest BCUT2D eigenvalue weighted by molar-refractivity contribution is 9.09. The van der Waals surface area contributed by atoms with Crippen molar-refractivity contribution in [3.05, 3.63) is 29.3 Å². The van der Waals surface area contributed by atoms with Gasteiger partial charge in [0.1, 0.15) is 0 Å². The van der Waals surface area contributed by atoms with Gasteiger partial charge in [-0.3, -0.25) is 0 Å². The molecule has 3 nitrogen and oxygen atoms in total. The van der Waals surface area contributed by atoms with Gasteiger partial charge in [0, 0.05) is 24.1 Å². The lowest BCUT2D eigenvalue weighted by atomic mass is 9.94. The van der Waals surface area contributed by atoms with Crippen molar-refractivity contribution in [3.8, 4) is 0 Å². The number of amides is 2. The van der Waals surface area contributed by atoms with E-state index in [0.717, 1.165) is 11.6 Å². The minimum absolute atomic E-state index is 0.0259. The Morgan fingerprint density at radius 1 is 1.42 bits per heavy atom. The van der Waals surface area contributed by atoms with Crippen molar-refractivity contribution >= 4 is 27.6 Å². The summed E-state index contributed by atoms with van der Waals surface area (Å²) in [4.78, 5) is 13.7. The largest absolute Gasteiger partial charge is 0.323 e. The smallest absolute Gasteiger partial charge is 0.321 e. The fourth-order valence-electron chi connectivity index (χ4n) is 2.74. The van der Waals surface area contributed by atoms with Crippen LogP contribution >= 0.6 is 15.9 Å². The molecule has 2 amide bonds. The maximum Gasteiger partial charge on any atom is 0.321 e. The normalized spacial score (nSPS) is 21.6. The number of carbonyl (C=O) groups is 1. The second kappa shape index (κ2) is 4.82. The summed E-state index contributed by atoms with van der Waals surface area (Å²) in [6.07, 6.45) is 2.74. The molecule has 4 heteroatoms. The molecule has 0 aromatic heterocycles. The van der Waals surface area contributed by atoms with Gasteiger partial charge < -0.3 is 10.2 Å². The van der Waals surface area contributed by atoms with E-state index in [1.807, 2.05) is 13.1 Å². The third-order valence-electron chi connectivity index (χ3n) is 4.27. The van der Waals surface area contributed by atoms with E-state index in [4.69, 9.17) is 0 Å². The predicted molar refractivity (Wildman–Crippen MR) is 80.5 cm³/mol. The van der Waals surface area contributed by atoms with Gasteiger partial charge in [0.25, 0.3) is 0 Å². The number of nitrogens with zero attached hydrogens (tertiary/aromatic N) is 1. The van der Waals surface area contributed by atoms with Crippen molar-refractivity contribution < 1.29 is 4.79 Å². The van der Waals surface area contributed by atoms with Crippen molar-refractivity contribution in [1.82, 2.24) is 4.90 Å². The summed E-state index contributed by atoms with van der Waals surface area (Å²) in [6.45, 7) is 3.01. The van der Waals surface area contributed by atoms with Gasteiger partial charge in [0.2, 0.25) is 0 Å². The Bertz CT molecular complexity index is 513. The van der Waals surface area contributed by atoms with E-state index in [9.17, 15) is 4.79 Å². The summed E-state index contributed by atoms with van der Waals surface area (Å²) >= 11 is 3.85. The fraction of sp³-hybridized carbons (Fsp3) is 0.533. The molecule has 1 aromatic carbocycles. The second-order valence-corrected chi connectivity index (χ2v) is 6.79. The minimum atomic E-state index is -0.0259. The average Bonchev–Trinajstić information content (AvgIpc) is 3.22. The molecule has 3 rings (SSSR count). The topological polar surface area (TPSA) is 32.3 Å². The van der Waals surface area contributed by atoms with Crippen LogP contribution in [0.25, 0.3) is 0 Å². The summed E-state index contributed by atoms with van der Waals surface area (Å²) in [5.74, 6) is 1.55. The number of carbonyl (C=O) groups excluding carboxylic acids is 1. The van der Waals surface area contributed by atoms with Gasteiger partial charge in [-0.15, -0.1) is 0 Å². The molecule has 1 aliphatic carbocycles. The zero-order valence-corrected chi connectivity index (χ0v) is 12.9. The molecule has 1 heterocycles. The van der Waals surface area contributed by atoms with E-state index in [1.165, 1.54) is 24.0 Å². The zero-order chi connectivity index (χ0) is 13.6. The van der Waals surface area contributed by atoms with Crippen LogP contribution in [0.15, 0.2) is 18.2 Å². The number of nitrogens with one attached hydrogen (secondary N) is 1. The van der Waals surface area contributed by atoms with Crippen LogP contribution in [-0.4, -0.2) is 18.0 Å². The number of hydrogen-bond acceptors (Lipinski definition) is 1. The third kappa shape index (κ3) is 2.50. The van der Waals surface area contributed by atoms with E-state index in [1.54, 1.807) is 4.90 Å². The van der Waals surface area contributed by atoms with Crippen LogP contribution in [0.4, 0.5) is 10.5 Å². The maximum absolute atomic E-state index is 11.6. The van der Waals surface area contributed by atoms with E-state index >= 15 is 0 Å². The maximum atomic E-state index is 11.6. The molecular formula is C15H19BrN2O. The first kappa shape index (κ1) is 13.0. The number of urea groups is 1. The molecule has 0 spiro atoms. The highest BCUT2D eigenvalue weighted by Gasteiger charge is 2.33. The zero-order valence-electron chi connectivity index (χ0n) is 11.3. The van der Waals surface area contributed by atoms with E-state index in [2.05, 4.69) is 40.3 Å². The SMILES string of the molecule is CC(C1CC1)C(Br)c1ccc2c(c1)CN(C)C(=O)N2. The first-order valence-electron chi connectivity index (χ1n) is 6.85. The second-order valence-electron chi connectivity index (χ2n) is 5.80. The molecule has 2 atom stereocenters. The van der Waals surface area contributed by atoms with Crippen molar-refractivity contribution in [3.63, 3.8) is 0 Å². The van der Waals surface area contributed by atoms with E-state index in [-0.39, 0.29) is 6.03 Å². The van der Waals surface area contributed by atoms with Crippen LogP contribution in [0, 0.1) is 11.8 Å². The molecule has 1 aromatic rings. The molecule has 1 fully saturated rings. The van der Waals surface area contributed by atoms with Gasteiger partial charge in [0.15, 0.2) is 0 Å². The number of fused-ring (bicyclic) bond motifs is 1. The molecular weight excluding hydrogens is 304 g/mol. The summed E-state index contributed by atoms with van der Waals surface area (Å²) in [5.41, 5.74) is 3.47. The van der Waals surface area contributed by atoms with Gasteiger partial charge in [0.05, 0.1) is 0 Å². The summed E-state index contributed by atoms with van der Waals surface area (Å²) in [7, 11) is 1.82. The molecule has 102 valence electrons. The minimum Gasteiger partial charge on any atom is -0.323 e. The Kier molecular flexibility index (Phi) is 3.29. The van der Waals surface area contributed by atoms with Crippen LogP contribution in [0.5, 0.6) is 0 Å². The molecule has 1 saturated carbocycles. The van der Waals surface area contributed by atoms with Crippen molar-refractivity contribution in [2.24, 2.45) is 11.8 Å². The molecule has 2 unspecified atom stereocenters. The molecule has 0 saturated heterocycles. The van der Waals surface area contributed by atoms with Crippen LogP contribution in [0.1, 0.15) is 35.7 Å². The van der Waals surface area contributed by atoms with Crippen LogP contribution in [0.3, 0.4) is 0 Å². The predicted octanol–water partition coefficient (Wildman–Crippen LogP) is 4.15. The van der Waals surface area contributed by atoms with E-state index < -0.39 is 0 Å². The van der Waals surface area contributed by atoms with Crippen LogP contribution < -0.4 is 5.32 Å². The molecule has 19 heavy (non-hydrogen) atoms. The van der Waals surface area contributed by atoms with Crippen molar-refractivity contribution in [1.29, 1.82) is 0 Å².